The molecule has 0 radical (unpaired) electrons. The summed E-state index contributed by atoms with van der Waals surface area (Å²) in [4.78, 5) is 39.8. The molecule has 0 aliphatic carbocycles. The van der Waals surface area contributed by atoms with E-state index in [2.05, 4.69) is 20.8 Å². The number of hydrogen-bond donors (Lipinski definition) is 2. The van der Waals surface area contributed by atoms with Crippen molar-refractivity contribution in [3.63, 3.8) is 0 Å². The van der Waals surface area contributed by atoms with E-state index in [4.69, 9.17) is 21.1 Å². The number of ketones is 1. The number of anilines is 1. The van der Waals surface area contributed by atoms with E-state index in [0.29, 0.717) is 32.8 Å². The molecule has 1 aliphatic heterocycles. The molecule has 0 saturated heterocycles. The fraction of sp³-hybridized carbons (Fsp3) is 0.194. The molecule has 39 heavy (non-hydrogen) atoms. The maximum Gasteiger partial charge on any atom is 0.307 e. The molecule has 1 amide bonds. The molecule has 5 rings (SSSR count). The zero-order valence-corrected chi connectivity index (χ0v) is 22.3. The van der Waals surface area contributed by atoms with Gasteiger partial charge in [-0.15, -0.1) is 0 Å². The molecule has 7 nitrogen and oxygen atoms in total. The number of nitrogens with zero attached hydrogens (tertiary/aromatic N) is 1. The maximum absolute atomic E-state index is 13.8. The van der Waals surface area contributed by atoms with Crippen LogP contribution in [0.4, 0.5) is 5.69 Å². The highest BCUT2D eigenvalue weighted by Crippen LogP contribution is 2.43. The number of fused-ring (bicyclic) bond motifs is 1. The number of carboxylic acids is 1. The van der Waals surface area contributed by atoms with Crippen molar-refractivity contribution >= 4 is 45.9 Å². The molecule has 0 bridgehead atoms. The predicted octanol–water partition coefficient (Wildman–Crippen LogP) is 6.79. The summed E-state index contributed by atoms with van der Waals surface area (Å²) in [7, 11) is 0. The third kappa shape index (κ3) is 4.93. The lowest BCUT2D eigenvalue weighted by atomic mass is 9.85. The maximum atomic E-state index is 13.8. The highest BCUT2D eigenvalue weighted by Gasteiger charge is 2.45. The van der Waals surface area contributed by atoms with E-state index in [1.165, 1.54) is 11.0 Å². The summed E-state index contributed by atoms with van der Waals surface area (Å²) in [5.41, 5.74) is 2.87. The van der Waals surface area contributed by atoms with Crippen molar-refractivity contribution in [2.45, 2.75) is 38.6 Å². The minimum atomic E-state index is -0.976. The Balaban J connectivity index is 1.61. The van der Waals surface area contributed by atoms with Crippen molar-refractivity contribution in [2.75, 3.05) is 4.90 Å². The van der Waals surface area contributed by atoms with Gasteiger partial charge >= 0.3 is 5.97 Å². The largest absolute Gasteiger partial charge is 0.503 e. The molecule has 0 saturated carbocycles. The van der Waals surface area contributed by atoms with Crippen LogP contribution in [0.1, 0.15) is 54.1 Å². The number of rotatable bonds is 6. The number of aliphatic hydroxyl groups is 1. The molecular formula is C31H26ClNO6. The minimum absolute atomic E-state index is 0.0309. The highest BCUT2D eigenvalue weighted by atomic mass is 35.5. The van der Waals surface area contributed by atoms with Gasteiger partial charge < -0.3 is 14.6 Å². The molecule has 0 spiro atoms. The van der Waals surface area contributed by atoms with E-state index in [0.717, 1.165) is 5.56 Å². The summed E-state index contributed by atoms with van der Waals surface area (Å²) in [5.74, 6) is -3.04. The van der Waals surface area contributed by atoms with Gasteiger partial charge in [-0.1, -0.05) is 68.8 Å². The lowest BCUT2D eigenvalue weighted by Gasteiger charge is -2.28. The summed E-state index contributed by atoms with van der Waals surface area (Å²) >= 11 is 6.09. The van der Waals surface area contributed by atoms with Gasteiger partial charge in [-0.05, 0) is 58.5 Å². The number of benzene rings is 3. The number of Topliss-reactive ketones (excluding diaryl/α,β-unsaturated/α-hetero) is 1. The average Bonchev–Trinajstić information content (AvgIpc) is 3.42. The SMILES string of the molecule is CC(C)(C)c1ccc(C2C(C(=O)c3cc4cc(Cl)ccc4o3)=C(O)C(=O)N2c2ccc(CC(=O)O)cc2)cc1. The fourth-order valence-corrected chi connectivity index (χ4v) is 4.97. The molecular weight excluding hydrogens is 518 g/mol. The Bertz CT molecular complexity index is 1640. The first-order valence-electron chi connectivity index (χ1n) is 12.4. The predicted molar refractivity (Wildman–Crippen MR) is 148 cm³/mol. The molecule has 4 aromatic rings. The third-order valence-electron chi connectivity index (χ3n) is 6.82. The molecule has 198 valence electrons. The summed E-state index contributed by atoms with van der Waals surface area (Å²) in [6, 6.07) is 19.5. The highest BCUT2D eigenvalue weighted by molar-refractivity contribution is 6.31. The first kappa shape index (κ1) is 26.3. The summed E-state index contributed by atoms with van der Waals surface area (Å²) < 4.78 is 5.78. The Morgan fingerprint density at radius 3 is 2.26 bits per heavy atom. The Morgan fingerprint density at radius 1 is 0.974 bits per heavy atom. The van der Waals surface area contributed by atoms with Crippen LogP contribution in [0, 0.1) is 0 Å². The Kier molecular flexibility index (Phi) is 6.56. The summed E-state index contributed by atoms with van der Waals surface area (Å²) in [6.45, 7) is 6.25. The fourth-order valence-electron chi connectivity index (χ4n) is 4.79. The van der Waals surface area contributed by atoms with Gasteiger partial charge in [-0.25, -0.2) is 0 Å². The van der Waals surface area contributed by atoms with Gasteiger partial charge in [-0.2, -0.15) is 0 Å². The normalized spacial score (nSPS) is 15.8. The second kappa shape index (κ2) is 9.75. The number of halogens is 1. The Morgan fingerprint density at radius 2 is 1.64 bits per heavy atom. The number of aliphatic hydroxyl groups excluding tert-OH is 1. The second-order valence-electron chi connectivity index (χ2n) is 10.6. The Labute approximate surface area is 229 Å². The third-order valence-corrected chi connectivity index (χ3v) is 7.05. The zero-order chi connectivity index (χ0) is 28.1. The van der Waals surface area contributed by atoms with E-state index in [-0.39, 0.29) is 23.2 Å². The average molecular weight is 544 g/mol. The second-order valence-corrected chi connectivity index (χ2v) is 11.0. The molecule has 0 fully saturated rings. The van der Waals surface area contributed by atoms with Crippen molar-refractivity contribution in [1.29, 1.82) is 0 Å². The van der Waals surface area contributed by atoms with Gasteiger partial charge in [-0.3, -0.25) is 19.3 Å². The molecule has 1 unspecified atom stereocenters. The molecule has 3 aromatic carbocycles. The quantitative estimate of drug-likeness (QED) is 0.259. The van der Waals surface area contributed by atoms with E-state index in [1.54, 1.807) is 42.5 Å². The van der Waals surface area contributed by atoms with Crippen molar-refractivity contribution < 1.29 is 29.0 Å². The van der Waals surface area contributed by atoms with Gasteiger partial charge in [0.05, 0.1) is 18.0 Å². The van der Waals surface area contributed by atoms with Crippen molar-refractivity contribution in [3.8, 4) is 0 Å². The molecule has 8 heteroatoms. The lowest BCUT2D eigenvalue weighted by molar-refractivity contribution is -0.136. The zero-order valence-electron chi connectivity index (χ0n) is 21.6. The first-order valence-corrected chi connectivity index (χ1v) is 12.7. The van der Waals surface area contributed by atoms with Crippen molar-refractivity contribution in [3.05, 3.63) is 112 Å². The van der Waals surface area contributed by atoms with Crippen LogP contribution in [0.5, 0.6) is 0 Å². The van der Waals surface area contributed by atoms with E-state index in [1.807, 2.05) is 24.3 Å². The van der Waals surface area contributed by atoms with E-state index in [9.17, 15) is 19.5 Å². The minimum Gasteiger partial charge on any atom is -0.503 e. The van der Waals surface area contributed by atoms with Crippen LogP contribution in [0.2, 0.25) is 5.02 Å². The van der Waals surface area contributed by atoms with Gasteiger partial charge in [0.15, 0.2) is 11.5 Å². The van der Waals surface area contributed by atoms with Gasteiger partial charge in [0.2, 0.25) is 5.78 Å². The monoisotopic (exact) mass is 543 g/mol. The Hall–Kier alpha value is -4.36. The van der Waals surface area contributed by atoms with Crippen LogP contribution in [0.25, 0.3) is 11.0 Å². The van der Waals surface area contributed by atoms with Crippen molar-refractivity contribution in [1.82, 2.24) is 0 Å². The molecule has 2 heterocycles. The smallest absolute Gasteiger partial charge is 0.307 e. The number of carbonyl (C=O) groups excluding carboxylic acids is 2. The van der Waals surface area contributed by atoms with Crippen molar-refractivity contribution in [2.24, 2.45) is 0 Å². The molecule has 2 N–H and O–H groups in total. The van der Waals surface area contributed by atoms with Crippen LogP contribution in [-0.2, 0) is 21.4 Å². The lowest BCUT2D eigenvalue weighted by Crippen LogP contribution is -2.31. The number of aliphatic carboxylic acids is 1. The number of furan rings is 1. The van der Waals surface area contributed by atoms with Crippen LogP contribution in [0.15, 0.2) is 88.5 Å². The van der Waals surface area contributed by atoms with Gasteiger partial charge in [0.1, 0.15) is 5.58 Å². The van der Waals surface area contributed by atoms with Gasteiger partial charge in [0, 0.05) is 16.1 Å². The van der Waals surface area contributed by atoms with Crippen LogP contribution < -0.4 is 4.90 Å². The number of carbonyl (C=O) groups is 3. The first-order chi connectivity index (χ1) is 18.4. The topological polar surface area (TPSA) is 108 Å². The number of hydrogen-bond acceptors (Lipinski definition) is 5. The molecule has 1 aromatic heterocycles. The number of amides is 1. The van der Waals surface area contributed by atoms with Crippen LogP contribution in [0.3, 0.4) is 0 Å². The molecule has 1 aliphatic rings. The summed E-state index contributed by atoms with van der Waals surface area (Å²) in [5, 5.41) is 21.3. The van der Waals surface area contributed by atoms with Crippen LogP contribution in [-0.4, -0.2) is 27.9 Å². The van der Waals surface area contributed by atoms with Gasteiger partial charge in [0.25, 0.3) is 5.91 Å². The molecule has 1 atom stereocenters. The van der Waals surface area contributed by atoms with E-state index >= 15 is 0 Å². The van der Waals surface area contributed by atoms with E-state index < -0.39 is 29.5 Å². The standard InChI is InChI=1S/C31H26ClNO6/c1-31(2,3)20-8-6-18(7-9-20)27-26(28(36)24-16-19-15-21(32)10-13-23(19)39-24)29(37)30(38)33(27)22-11-4-17(5-12-22)14-25(34)35/h4-13,15-16,27,37H,14H2,1-3H3,(H,34,35). The number of carboxylic acid groups (broad SMARTS) is 1. The van der Waals surface area contributed by atoms with Crippen LogP contribution >= 0.6 is 11.6 Å². The summed E-state index contributed by atoms with van der Waals surface area (Å²) in [6.07, 6.45) is -0.171.